The summed E-state index contributed by atoms with van der Waals surface area (Å²) in [5.74, 6) is 0. The van der Waals surface area contributed by atoms with Gasteiger partial charge in [-0.25, -0.2) is 0 Å². The predicted molar refractivity (Wildman–Crippen MR) is 122 cm³/mol. The maximum atomic E-state index is 2.50. The Hall–Kier alpha value is -0.101. The number of thiophene rings is 3. The second-order valence-electron chi connectivity index (χ2n) is 7.65. The van der Waals surface area contributed by atoms with Crippen molar-refractivity contribution in [2.45, 2.75) is 53.8 Å². The van der Waals surface area contributed by atoms with Gasteiger partial charge in [0.05, 0.1) is 0 Å². The molecule has 25 heavy (non-hydrogen) atoms. The van der Waals surface area contributed by atoms with Gasteiger partial charge < -0.3 is 0 Å². The van der Waals surface area contributed by atoms with Gasteiger partial charge in [0.15, 0.2) is 0 Å². The van der Waals surface area contributed by atoms with Crippen molar-refractivity contribution in [3.05, 3.63) is 41.3 Å². The quantitative estimate of drug-likeness (QED) is 0.220. The molecule has 0 amide bonds. The van der Waals surface area contributed by atoms with E-state index in [-0.39, 0.29) is 0 Å². The third kappa shape index (κ3) is 5.21. The normalized spacial score (nSPS) is 12.0. The molecule has 0 aliphatic rings. The van der Waals surface area contributed by atoms with E-state index in [9.17, 15) is 0 Å². The molecule has 0 aromatic carbocycles. The first kappa shape index (κ1) is 19.7. The molecule has 0 saturated carbocycles. The molecule has 0 aliphatic heterocycles. The van der Waals surface area contributed by atoms with Crippen LogP contribution in [0.2, 0.25) is 14.8 Å². The van der Waals surface area contributed by atoms with Crippen LogP contribution in [-0.2, 0) is 6.42 Å². The monoisotopic (exact) mass is 496 g/mol. The number of hydrogen-bond donors (Lipinski definition) is 0. The van der Waals surface area contributed by atoms with Crippen LogP contribution >= 0.6 is 34.0 Å². The van der Waals surface area contributed by atoms with Gasteiger partial charge in [-0.15, -0.1) is 0 Å². The molecule has 0 unspecified atom stereocenters. The van der Waals surface area contributed by atoms with Gasteiger partial charge in [-0.1, -0.05) is 19.8 Å². The summed E-state index contributed by atoms with van der Waals surface area (Å²) in [6.45, 7) is 2.28. The van der Waals surface area contributed by atoms with Crippen molar-refractivity contribution in [2.75, 3.05) is 0 Å². The van der Waals surface area contributed by atoms with Gasteiger partial charge >= 0.3 is 150 Å². The fraction of sp³-hybridized carbons (Fsp3) is 0.429. The molecule has 4 heteroatoms. The van der Waals surface area contributed by atoms with Crippen LogP contribution in [0.5, 0.6) is 0 Å². The van der Waals surface area contributed by atoms with Gasteiger partial charge in [-0.2, -0.15) is 0 Å². The summed E-state index contributed by atoms with van der Waals surface area (Å²) in [5.41, 5.74) is 0. The molecule has 3 aromatic rings. The van der Waals surface area contributed by atoms with Crippen molar-refractivity contribution in [3.8, 4) is 19.5 Å². The van der Waals surface area contributed by atoms with Crippen LogP contribution in [0.1, 0.15) is 37.5 Å². The fourth-order valence-electron chi connectivity index (χ4n) is 2.85. The van der Waals surface area contributed by atoms with Crippen LogP contribution in [0.25, 0.3) is 19.5 Å². The van der Waals surface area contributed by atoms with E-state index in [1.807, 2.05) is 34.0 Å². The number of unbranched alkanes of at least 4 members (excludes halogenated alkanes) is 3. The van der Waals surface area contributed by atoms with Gasteiger partial charge in [0.25, 0.3) is 0 Å². The fourth-order valence-corrected chi connectivity index (χ4v) is 11.4. The third-order valence-corrected chi connectivity index (χ3v) is 17.6. The van der Waals surface area contributed by atoms with Crippen molar-refractivity contribution < 1.29 is 0 Å². The Balaban J connectivity index is 1.69. The van der Waals surface area contributed by atoms with E-state index in [0.717, 1.165) is 0 Å². The Morgan fingerprint density at radius 1 is 0.680 bits per heavy atom. The van der Waals surface area contributed by atoms with Crippen LogP contribution in [0.3, 0.4) is 0 Å². The summed E-state index contributed by atoms with van der Waals surface area (Å²) < 4.78 is 1.67. The van der Waals surface area contributed by atoms with E-state index in [1.54, 1.807) is 7.77 Å². The van der Waals surface area contributed by atoms with Gasteiger partial charge in [0.1, 0.15) is 0 Å². The molecule has 0 spiro atoms. The summed E-state index contributed by atoms with van der Waals surface area (Å²) in [4.78, 5) is 14.8. The van der Waals surface area contributed by atoms with Gasteiger partial charge in [-0.05, 0) is 0 Å². The second-order valence-corrected chi connectivity index (χ2v) is 26.4. The van der Waals surface area contributed by atoms with Crippen molar-refractivity contribution in [1.82, 2.24) is 0 Å². The molecule has 0 nitrogen and oxygen atoms in total. The summed E-state index contributed by atoms with van der Waals surface area (Å²) in [6.07, 6.45) is 6.63. The van der Waals surface area contributed by atoms with Gasteiger partial charge in [0.2, 0.25) is 0 Å². The maximum absolute atomic E-state index is 2.50. The van der Waals surface area contributed by atoms with Crippen LogP contribution in [0.4, 0.5) is 0 Å². The summed E-state index contributed by atoms with van der Waals surface area (Å²) in [5, 5.41) is 0. The Morgan fingerprint density at radius 3 is 1.92 bits per heavy atom. The number of rotatable bonds is 8. The summed E-state index contributed by atoms with van der Waals surface area (Å²) >= 11 is 4.04. The van der Waals surface area contributed by atoms with E-state index in [2.05, 4.69) is 58.1 Å². The summed E-state index contributed by atoms with van der Waals surface area (Å²) in [6, 6.07) is 14.0. The number of aryl methyl sites for hydroxylation is 1. The van der Waals surface area contributed by atoms with Crippen LogP contribution < -0.4 is 2.89 Å². The van der Waals surface area contributed by atoms with Crippen LogP contribution in [-0.4, -0.2) is 18.4 Å². The standard InChI is InChI=1S/C18H19S3.3CH3.Sn/c1-2-3-4-5-7-14-9-10-17(20-14)18-12-11-16(21-18)15-8-6-13-19-15;;;;/h6,8-12H,2-5,7H2,1H3;3*1H3;. The molecule has 3 rings (SSSR count). The zero-order valence-electron chi connectivity index (χ0n) is 15.7. The SMILES string of the molecule is CCCCCCc1ccc(-c2ccc(-c3cc[c]([Sn]([CH3])([CH3])[CH3])s3)s2)s1. The molecule has 134 valence electrons. The Morgan fingerprint density at radius 2 is 1.28 bits per heavy atom. The minimum atomic E-state index is -1.93. The third-order valence-electron chi connectivity index (χ3n) is 4.38. The van der Waals surface area contributed by atoms with Crippen molar-refractivity contribution >= 4 is 55.3 Å². The zero-order chi connectivity index (χ0) is 17.9. The van der Waals surface area contributed by atoms with Crippen molar-refractivity contribution in [3.63, 3.8) is 0 Å². The van der Waals surface area contributed by atoms with Crippen molar-refractivity contribution in [1.29, 1.82) is 0 Å². The molecule has 0 saturated heterocycles. The first-order valence-corrected chi connectivity index (χ1v) is 21.7. The van der Waals surface area contributed by atoms with E-state index in [1.165, 1.54) is 51.6 Å². The molecule has 0 aliphatic carbocycles. The van der Waals surface area contributed by atoms with Crippen LogP contribution in [0, 0.1) is 0 Å². The zero-order valence-corrected chi connectivity index (χ0v) is 21.0. The average molecular weight is 495 g/mol. The van der Waals surface area contributed by atoms with E-state index < -0.39 is 18.4 Å². The topological polar surface area (TPSA) is 0 Å². The van der Waals surface area contributed by atoms with Gasteiger partial charge in [-0.3, -0.25) is 0 Å². The molecule has 0 radical (unpaired) electrons. The predicted octanol–water partition coefficient (Wildman–Crippen LogP) is 7.87. The molecule has 0 fully saturated rings. The second kappa shape index (κ2) is 8.72. The summed E-state index contributed by atoms with van der Waals surface area (Å²) in [7, 11) is 0. The van der Waals surface area contributed by atoms with E-state index in [0.29, 0.717) is 0 Å². The molecular formula is C21H28S3Sn. The van der Waals surface area contributed by atoms with Crippen LogP contribution in [0.15, 0.2) is 36.4 Å². The molecule has 0 atom stereocenters. The molecule has 3 heterocycles. The minimum absolute atomic E-state index is 1.25. The van der Waals surface area contributed by atoms with Crippen molar-refractivity contribution in [2.24, 2.45) is 0 Å². The molecule has 3 aromatic heterocycles. The van der Waals surface area contributed by atoms with E-state index in [4.69, 9.17) is 0 Å². The van der Waals surface area contributed by atoms with Gasteiger partial charge in [0, 0.05) is 0 Å². The Kier molecular flexibility index (Phi) is 6.86. The van der Waals surface area contributed by atoms with E-state index >= 15 is 0 Å². The number of hydrogen-bond acceptors (Lipinski definition) is 3. The first-order chi connectivity index (χ1) is 12.0. The average Bonchev–Trinajstić information content (AvgIpc) is 3.29. The molecule has 0 N–H and O–H groups in total. The molecular weight excluding hydrogens is 467 g/mol. The Labute approximate surface area is 168 Å². The molecule has 0 bridgehead atoms. The first-order valence-electron chi connectivity index (χ1n) is 9.27. The Bertz CT molecular complexity index is 801.